The van der Waals surface area contributed by atoms with Crippen molar-refractivity contribution in [2.45, 2.75) is 112 Å². The van der Waals surface area contributed by atoms with Crippen LogP contribution in [0.5, 0.6) is 0 Å². The van der Waals surface area contributed by atoms with Crippen molar-refractivity contribution >= 4 is 0 Å². The lowest BCUT2D eigenvalue weighted by Gasteiger charge is -2.28. The number of hydrogen-bond acceptors (Lipinski definition) is 0. The van der Waals surface area contributed by atoms with Crippen LogP contribution in [0.25, 0.3) is 0 Å². The Kier molecular flexibility index (Phi) is 14.0. The average molecular weight is 283 g/mol. The molecule has 0 radical (unpaired) electrons. The second-order valence-corrected chi connectivity index (χ2v) is 6.99. The monoisotopic (exact) mass is 282 g/mol. The predicted molar refractivity (Wildman–Crippen MR) is 94.2 cm³/mol. The second-order valence-electron chi connectivity index (χ2n) is 6.99. The van der Waals surface area contributed by atoms with E-state index < -0.39 is 0 Å². The topological polar surface area (TPSA) is 0 Å². The first-order valence-corrected chi connectivity index (χ1v) is 9.69. The third-order valence-corrected chi connectivity index (χ3v) is 5.32. The molecule has 0 spiro atoms. The van der Waals surface area contributed by atoms with Gasteiger partial charge in [0.15, 0.2) is 0 Å². The average Bonchev–Trinajstić information content (AvgIpc) is 2.47. The van der Waals surface area contributed by atoms with Crippen molar-refractivity contribution in [1.82, 2.24) is 0 Å². The van der Waals surface area contributed by atoms with Gasteiger partial charge in [0.2, 0.25) is 0 Å². The lowest BCUT2D eigenvalue weighted by atomic mass is 9.78. The van der Waals surface area contributed by atoms with Crippen LogP contribution in [-0.2, 0) is 0 Å². The molecule has 2 unspecified atom stereocenters. The first kappa shape index (κ1) is 20.0. The van der Waals surface area contributed by atoms with E-state index in [1.807, 2.05) is 0 Å². The Morgan fingerprint density at radius 3 is 2.00 bits per heavy atom. The fourth-order valence-electron chi connectivity index (χ4n) is 3.57. The van der Waals surface area contributed by atoms with E-state index in [0.717, 1.165) is 17.8 Å². The lowest BCUT2D eigenvalue weighted by Crippen LogP contribution is -2.15. The van der Waals surface area contributed by atoms with Gasteiger partial charge in [-0.2, -0.15) is 0 Å². The number of hydrogen-bond donors (Lipinski definition) is 0. The summed E-state index contributed by atoms with van der Waals surface area (Å²) in [4.78, 5) is 0. The van der Waals surface area contributed by atoms with E-state index in [9.17, 15) is 0 Å². The smallest absolute Gasteiger partial charge is 0.0389 e. The minimum Gasteiger partial charge on any atom is -0.0654 e. The maximum absolute atomic E-state index is 2.43. The van der Waals surface area contributed by atoms with Crippen LogP contribution >= 0.6 is 0 Å². The van der Waals surface area contributed by atoms with Gasteiger partial charge in [-0.3, -0.25) is 0 Å². The van der Waals surface area contributed by atoms with Crippen LogP contribution < -0.4 is 0 Å². The Hall–Kier alpha value is 0. The molecule has 0 bridgehead atoms. The highest BCUT2D eigenvalue weighted by molar-refractivity contribution is 4.71. The summed E-state index contributed by atoms with van der Waals surface area (Å²) in [5.41, 5.74) is 0. The molecule has 1 saturated carbocycles. The van der Waals surface area contributed by atoms with Gasteiger partial charge < -0.3 is 0 Å². The first-order valence-electron chi connectivity index (χ1n) is 9.69. The van der Waals surface area contributed by atoms with Crippen LogP contribution in [0.1, 0.15) is 112 Å². The molecule has 0 aliphatic heterocycles. The van der Waals surface area contributed by atoms with Gasteiger partial charge in [-0.05, 0) is 17.8 Å². The van der Waals surface area contributed by atoms with Gasteiger partial charge in [0.25, 0.3) is 0 Å². The van der Waals surface area contributed by atoms with E-state index >= 15 is 0 Å². The predicted octanol–water partition coefficient (Wildman–Crippen LogP) is 7.62. The van der Waals surface area contributed by atoms with Crippen molar-refractivity contribution in [1.29, 1.82) is 0 Å². The molecule has 1 rings (SSSR count). The zero-order valence-electron chi connectivity index (χ0n) is 15.2. The summed E-state index contributed by atoms with van der Waals surface area (Å²) in [5.74, 6) is 3.10. The first-order chi connectivity index (χ1) is 9.69. The van der Waals surface area contributed by atoms with E-state index in [0.29, 0.717) is 0 Å². The van der Waals surface area contributed by atoms with Crippen molar-refractivity contribution in [2.75, 3.05) is 0 Å². The highest BCUT2D eigenvalue weighted by Gasteiger charge is 2.19. The fraction of sp³-hybridized carbons (Fsp3) is 1.00. The molecule has 0 heterocycles. The van der Waals surface area contributed by atoms with E-state index in [1.54, 1.807) is 0 Å². The third-order valence-electron chi connectivity index (χ3n) is 5.32. The molecule has 2 atom stereocenters. The normalized spacial score (nSPS) is 22.5. The second kappa shape index (κ2) is 14.0. The lowest BCUT2D eigenvalue weighted by molar-refractivity contribution is 0.240. The molecule has 1 fully saturated rings. The molecule has 1 aliphatic rings. The maximum Gasteiger partial charge on any atom is -0.0389 e. The van der Waals surface area contributed by atoms with E-state index in [4.69, 9.17) is 0 Å². The van der Waals surface area contributed by atoms with Gasteiger partial charge in [-0.25, -0.2) is 0 Å². The Bertz CT molecular complexity index is 178. The largest absolute Gasteiger partial charge is 0.0654 e. The van der Waals surface area contributed by atoms with Crippen molar-refractivity contribution in [3.63, 3.8) is 0 Å². The molecule has 20 heavy (non-hydrogen) atoms. The standard InChI is InChI=1S/C10H20.C10H22/c1-3-6-10-8-5-4-7-9(10)2;1-4-7-8-9-10(5-2)6-3/h9-10H,3-8H2,1-2H3;10H,4-9H2,1-3H3. The van der Waals surface area contributed by atoms with Crippen LogP contribution in [0.2, 0.25) is 0 Å². The summed E-state index contributed by atoms with van der Waals surface area (Å²) in [7, 11) is 0. The molecule has 0 saturated heterocycles. The van der Waals surface area contributed by atoms with Crippen molar-refractivity contribution in [3.8, 4) is 0 Å². The minimum absolute atomic E-state index is 1.01. The Morgan fingerprint density at radius 2 is 1.50 bits per heavy atom. The molecule has 1 aliphatic carbocycles. The van der Waals surface area contributed by atoms with E-state index in [1.165, 1.54) is 77.0 Å². The van der Waals surface area contributed by atoms with Crippen molar-refractivity contribution < 1.29 is 0 Å². The Labute approximate surface area is 130 Å². The van der Waals surface area contributed by atoms with Gasteiger partial charge in [0.1, 0.15) is 0 Å². The van der Waals surface area contributed by atoms with Crippen LogP contribution in [-0.4, -0.2) is 0 Å². The number of rotatable bonds is 8. The molecule has 0 aromatic rings. The van der Waals surface area contributed by atoms with Gasteiger partial charge >= 0.3 is 0 Å². The number of unbranched alkanes of at least 4 members (excludes halogenated alkanes) is 2. The zero-order valence-corrected chi connectivity index (χ0v) is 15.2. The summed E-state index contributed by atoms with van der Waals surface area (Å²) in [5, 5.41) is 0. The third kappa shape index (κ3) is 9.83. The molecule has 0 heteroatoms. The van der Waals surface area contributed by atoms with E-state index in [-0.39, 0.29) is 0 Å². The quantitative estimate of drug-likeness (QED) is 0.402. The summed E-state index contributed by atoms with van der Waals surface area (Å²) in [6, 6.07) is 0. The minimum atomic E-state index is 1.01. The van der Waals surface area contributed by atoms with Crippen LogP contribution in [0.3, 0.4) is 0 Å². The highest BCUT2D eigenvalue weighted by atomic mass is 14.2. The molecule has 0 amide bonds. The van der Waals surface area contributed by atoms with Gasteiger partial charge in [0, 0.05) is 0 Å². The van der Waals surface area contributed by atoms with Gasteiger partial charge in [-0.15, -0.1) is 0 Å². The molecule has 0 N–H and O–H groups in total. The molecule has 0 aromatic carbocycles. The van der Waals surface area contributed by atoms with Gasteiger partial charge in [-0.1, -0.05) is 112 Å². The molecule has 0 nitrogen and oxygen atoms in total. The zero-order chi connectivity index (χ0) is 15.2. The molecule has 0 aromatic heterocycles. The van der Waals surface area contributed by atoms with Crippen molar-refractivity contribution in [3.05, 3.63) is 0 Å². The van der Waals surface area contributed by atoms with Crippen molar-refractivity contribution in [2.24, 2.45) is 17.8 Å². The Morgan fingerprint density at radius 1 is 0.850 bits per heavy atom. The van der Waals surface area contributed by atoms with Crippen LogP contribution in [0, 0.1) is 17.8 Å². The maximum atomic E-state index is 2.43. The van der Waals surface area contributed by atoms with Crippen LogP contribution in [0.15, 0.2) is 0 Å². The molecular formula is C20H42. The van der Waals surface area contributed by atoms with E-state index in [2.05, 4.69) is 34.6 Å². The molecule has 122 valence electrons. The fourth-order valence-corrected chi connectivity index (χ4v) is 3.57. The molecular weight excluding hydrogens is 240 g/mol. The summed E-state index contributed by atoms with van der Waals surface area (Å²) < 4.78 is 0. The summed E-state index contributed by atoms with van der Waals surface area (Å²) in [6.45, 7) is 11.6. The summed E-state index contributed by atoms with van der Waals surface area (Å²) >= 11 is 0. The SMILES string of the molecule is CCCC1CCCCC1C.CCCCCC(CC)CC. The van der Waals surface area contributed by atoms with Crippen LogP contribution in [0.4, 0.5) is 0 Å². The summed E-state index contributed by atoms with van der Waals surface area (Å²) in [6.07, 6.45) is 17.3. The Balaban J connectivity index is 0.000000361. The van der Waals surface area contributed by atoms with Gasteiger partial charge in [0.05, 0.1) is 0 Å². The highest BCUT2D eigenvalue weighted by Crippen LogP contribution is 2.32.